The number of aliphatic hydroxyl groups is 1. The number of H-pyrrole nitrogens is 1. The third kappa shape index (κ3) is 7.44. The van der Waals surface area contributed by atoms with Crippen LogP contribution < -0.4 is 10.6 Å². The van der Waals surface area contributed by atoms with Gasteiger partial charge < -0.3 is 34.9 Å². The Morgan fingerprint density at radius 3 is 2.68 bits per heavy atom. The van der Waals surface area contributed by atoms with Crippen LogP contribution >= 0.6 is 0 Å². The van der Waals surface area contributed by atoms with Gasteiger partial charge in [0.05, 0.1) is 41.7 Å². The minimum atomic E-state index is -4.15. The molecule has 13 heteroatoms. The second-order valence-electron chi connectivity index (χ2n) is 12.5. The van der Waals surface area contributed by atoms with Crippen LogP contribution in [0.1, 0.15) is 37.1 Å². The molecular weight excluding hydrogens is 624 g/mol. The van der Waals surface area contributed by atoms with E-state index in [1.54, 1.807) is 24.4 Å². The van der Waals surface area contributed by atoms with Gasteiger partial charge in [-0.1, -0.05) is 44.2 Å². The number of alkyl carbamates (subject to hydrolysis) is 1. The van der Waals surface area contributed by atoms with E-state index in [1.807, 2.05) is 50.2 Å². The van der Waals surface area contributed by atoms with E-state index in [0.29, 0.717) is 29.1 Å². The lowest BCUT2D eigenvalue weighted by Crippen LogP contribution is -2.51. The molecule has 2 fully saturated rings. The molecule has 3 aliphatic heterocycles. The van der Waals surface area contributed by atoms with Gasteiger partial charge in [-0.3, -0.25) is 4.79 Å². The summed E-state index contributed by atoms with van der Waals surface area (Å²) >= 11 is 0. The number of benzene rings is 2. The van der Waals surface area contributed by atoms with Gasteiger partial charge in [0.1, 0.15) is 6.10 Å². The number of ether oxygens (including phenoxy) is 3. The molecule has 47 heavy (non-hydrogen) atoms. The van der Waals surface area contributed by atoms with Gasteiger partial charge in [0.15, 0.2) is 6.29 Å². The molecule has 0 spiro atoms. The maximum absolute atomic E-state index is 14.2. The van der Waals surface area contributed by atoms with Crippen molar-refractivity contribution in [3.05, 3.63) is 83.7 Å². The van der Waals surface area contributed by atoms with Crippen molar-refractivity contribution in [1.82, 2.24) is 14.6 Å². The molecule has 2 aromatic carbocycles. The number of anilines is 1. The number of nitrogens with zero attached hydrogens (tertiary/aromatic N) is 1. The van der Waals surface area contributed by atoms with Crippen LogP contribution in [0.15, 0.2) is 71.8 Å². The second-order valence-corrected chi connectivity index (χ2v) is 14.5. The minimum Gasteiger partial charge on any atom is -0.443 e. The van der Waals surface area contributed by atoms with E-state index in [2.05, 4.69) is 15.6 Å². The summed E-state index contributed by atoms with van der Waals surface area (Å²) in [6, 6.07) is 16.6. The molecule has 3 aliphatic rings. The number of rotatable bonds is 12. The minimum absolute atomic E-state index is 0.0143. The Morgan fingerprint density at radius 2 is 1.94 bits per heavy atom. The third-order valence-corrected chi connectivity index (χ3v) is 10.4. The summed E-state index contributed by atoms with van der Waals surface area (Å²) in [7, 11) is -4.15. The number of carbonyl (C=O) groups is 2. The fourth-order valence-electron chi connectivity index (χ4n) is 6.25. The fraction of sp³-hybridized carbons (Fsp3) is 0.412. The normalized spacial score (nSPS) is 22.7. The molecule has 4 N–H and O–H groups in total. The summed E-state index contributed by atoms with van der Waals surface area (Å²) in [6.45, 7) is 4.36. The van der Waals surface area contributed by atoms with Crippen molar-refractivity contribution < 1.29 is 37.3 Å². The number of aliphatic hydroxyl groups excluding tert-OH is 1. The van der Waals surface area contributed by atoms with E-state index in [1.165, 1.54) is 16.4 Å². The Balaban J connectivity index is 1.23. The van der Waals surface area contributed by atoms with E-state index in [-0.39, 0.29) is 55.0 Å². The Labute approximate surface area is 274 Å². The molecule has 6 rings (SSSR count). The molecule has 5 atom stereocenters. The Morgan fingerprint density at radius 1 is 1.13 bits per heavy atom. The lowest BCUT2D eigenvalue weighted by atomic mass is 10.0. The highest BCUT2D eigenvalue weighted by Crippen LogP contribution is 2.36. The lowest BCUT2D eigenvalue weighted by molar-refractivity contribution is -0.110. The molecule has 3 unspecified atom stereocenters. The zero-order chi connectivity index (χ0) is 33.1. The number of amides is 2. The van der Waals surface area contributed by atoms with Crippen molar-refractivity contribution in [3.63, 3.8) is 0 Å². The largest absolute Gasteiger partial charge is 0.443 e. The second kappa shape index (κ2) is 14.0. The molecule has 0 radical (unpaired) electrons. The molecule has 12 nitrogen and oxygen atoms in total. The van der Waals surface area contributed by atoms with Crippen molar-refractivity contribution in [1.29, 1.82) is 0 Å². The van der Waals surface area contributed by atoms with Crippen LogP contribution in [-0.2, 0) is 35.4 Å². The Kier molecular flexibility index (Phi) is 9.80. The van der Waals surface area contributed by atoms with Crippen LogP contribution in [0.25, 0.3) is 11.6 Å². The number of aromatic amines is 1. The van der Waals surface area contributed by atoms with E-state index in [9.17, 15) is 23.1 Å². The van der Waals surface area contributed by atoms with Crippen LogP contribution in [0.3, 0.4) is 0 Å². The number of hydrogen-bond donors (Lipinski definition) is 4. The number of sulfonamides is 1. The van der Waals surface area contributed by atoms with E-state index >= 15 is 0 Å². The summed E-state index contributed by atoms with van der Waals surface area (Å²) < 4.78 is 46.5. The van der Waals surface area contributed by atoms with Crippen molar-refractivity contribution in [2.45, 2.75) is 56.1 Å². The van der Waals surface area contributed by atoms with Crippen molar-refractivity contribution in [2.75, 3.05) is 31.6 Å². The SMILES string of the molecule is CC(C)CN(C[C@@H](O)[C@H](Cc1ccccc1)NC(=O)OC1COC2OCCC12)S(=O)(=O)c1ccc2c(c1)/C(=C/c1ccc[nH]1)C(=O)N2. The highest BCUT2D eigenvalue weighted by atomic mass is 32.2. The number of carbonyl (C=O) groups excluding carboxylic acids is 2. The van der Waals surface area contributed by atoms with Gasteiger partial charge in [0, 0.05) is 36.2 Å². The van der Waals surface area contributed by atoms with E-state index in [0.717, 1.165) is 12.0 Å². The third-order valence-electron chi connectivity index (χ3n) is 8.60. The van der Waals surface area contributed by atoms with Gasteiger partial charge in [0.2, 0.25) is 10.0 Å². The van der Waals surface area contributed by atoms with Gasteiger partial charge in [-0.05, 0) is 60.7 Å². The molecule has 2 saturated heterocycles. The van der Waals surface area contributed by atoms with Gasteiger partial charge in [-0.2, -0.15) is 4.31 Å². The maximum Gasteiger partial charge on any atom is 0.407 e. The molecule has 0 saturated carbocycles. The van der Waals surface area contributed by atoms with E-state index in [4.69, 9.17) is 14.2 Å². The monoisotopic (exact) mass is 664 g/mol. The van der Waals surface area contributed by atoms with Gasteiger partial charge in [-0.25, -0.2) is 13.2 Å². The predicted molar refractivity (Wildman–Crippen MR) is 174 cm³/mol. The first-order chi connectivity index (χ1) is 22.6. The van der Waals surface area contributed by atoms with Crippen molar-refractivity contribution >= 4 is 39.4 Å². The first kappa shape index (κ1) is 32.9. The summed E-state index contributed by atoms with van der Waals surface area (Å²) in [5, 5.41) is 17.2. The molecule has 0 bridgehead atoms. The van der Waals surface area contributed by atoms with Crippen LogP contribution in [0, 0.1) is 11.8 Å². The zero-order valence-corrected chi connectivity index (χ0v) is 27.1. The summed E-state index contributed by atoms with van der Waals surface area (Å²) in [5.74, 6) is -0.464. The first-order valence-corrected chi connectivity index (χ1v) is 17.3. The molecule has 0 aliphatic carbocycles. The van der Waals surface area contributed by atoms with Crippen LogP contribution in [0.2, 0.25) is 0 Å². The van der Waals surface area contributed by atoms with Gasteiger partial charge in [-0.15, -0.1) is 0 Å². The summed E-state index contributed by atoms with van der Waals surface area (Å²) in [4.78, 5) is 28.9. The predicted octanol–water partition coefficient (Wildman–Crippen LogP) is 3.61. The number of hydrogen-bond acceptors (Lipinski definition) is 8. The standard InChI is InChI=1S/C34H40N4O8S/c1-21(2)18-38(47(42,43)24-10-11-28-26(17-24)27(32(40)36-28)16-23-9-6-13-35-23)19-30(39)29(15-22-7-4-3-5-8-22)37-34(41)46-31-20-45-33-25(31)12-14-44-33/h3-11,13,16-17,21,25,29-31,33,35,39H,12,14-15,18-20H2,1-2H3,(H,36,40)(H,37,41)/b27-16-/t25?,29-,30+,31?,33?/m0/s1. The average Bonchev–Trinajstić information content (AvgIpc) is 3.84. The Bertz CT molecular complexity index is 1710. The molecular formula is C34H40N4O8S. The molecule has 2 amide bonds. The number of nitrogens with one attached hydrogen (secondary N) is 3. The highest BCUT2D eigenvalue weighted by molar-refractivity contribution is 7.89. The first-order valence-electron chi connectivity index (χ1n) is 15.8. The number of aromatic nitrogens is 1. The van der Waals surface area contributed by atoms with Crippen LogP contribution in [0.5, 0.6) is 0 Å². The van der Waals surface area contributed by atoms with Crippen LogP contribution in [0.4, 0.5) is 10.5 Å². The van der Waals surface area contributed by atoms with Gasteiger partial charge >= 0.3 is 6.09 Å². The quantitative estimate of drug-likeness (QED) is 0.214. The average molecular weight is 665 g/mol. The van der Waals surface area contributed by atoms with Crippen molar-refractivity contribution in [3.8, 4) is 0 Å². The zero-order valence-electron chi connectivity index (χ0n) is 26.3. The maximum atomic E-state index is 14.2. The highest BCUT2D eigenvalue weighted by Gasteiger charge is 2.44. The fourth-order valence-corrected chi connectivity index (χ4v) is 7.89. The topological polar surface area (TPSA) is 159 Å². The van der Waals surface area contributed by atoms with Gasteiger partial charge in [0.25, 0.3) is 5.91 Å². The smallest absolute Gasteiger partial charge is 0.407 e. The molecule has 250 valence electrons. The molecule has 4 heterocycles. The lowest BCUT2D eigenvalue weighted by Gasteiger charge is -2.31. The van der Waals surface area contributed by atoms with Crippen molar-refractivity contribution in [2.24, 2.45) is 11.8 Å². The summed E-state index contributed by atoms with van der Waals surface area (Å²) in [6.07, 6.45) is 1.48. The summed E-state index contributed by atoms with van der Waals surface area (Å²) in [5.41, 5.74) is 2.86. The van der Waals surface area contributed by atoms with Crippen LogP contribution in [-0.4, -0.2) is 85.7 Å². The molecule has 1 aromatic heterocycles. The number of fused-ring (bicyclic) bond motifs is 2. The molecule has 3 aromatic rings. The Hall–Kier alpha value is -4.01. The van der Waals surface area contributed by atoms with E-state index < -0.39 is 34.4 Å².